The maximum Gasteiger partial charge on any atom is 0.255 e. The van der Waals surface area contributed by atoms with Gasteiger partial charge in [0.2, 0.25) is 0 Å². The second-order valence-electron chi connectivity index (χ2n) is 4.78. The van der Waals surface area contributed by atoms with Gasteiger partial charge in [0.15, 0.2) is 0 Å². The summed E-state index contributed by atoms with van der Waals surface area (Å²) in [6.07, 6.45) is 1.50. The van der Waals surface area contributed by atoms with Crippen molar-refractivity contribution in [2.45, 2.75) is 12.4 Å². The lowest BCUT2D eigenvalue weighted by Gasteiger charge is -2.05. The first-order valence-corrected chi connectivity index (χ1v) is 7.19. The normalized spacial score (nSPS) is 10.7. The van der Waals surface area contributed by atoms with Crippen LogP contribution in [0.5, 0.6) is 0 Å². The van der Waals surface area contributed by atoms with Gasteiger partial charge in [-0.2, -0.15) is 0 Å². The fourth-order valence-electron chi connectivity index (χ4n) is 2.25. The molecule has 3 aromatic rings. The molecule has 0 saturated heterocycles. The number of para-hydroxylation sites is 1. The molecule has 0 fully saturated rings. The number of hydrogen-bond acceptors (Lipinski definition) is 2. The van der Waals surface area contributed by atoms with Crippen LogP contribution in [-0.4, -0.2) is 5.91 Å². The van der Waals surface area contributed by atoms with Crippen LogP contribution in [0.2, 0.25) is 0 Å². The summed E-state index contributed by atoms with van der Waals surface area (Å²) in [5.74, 6) is 0.324. The van der Waals surface area contributed by atoms with Crippen molar-refractivity contribution >= 4 is 28.5 Å². The van der Waals surface area contributed by atoms with Crippen LogP contribution in [-0.2, 0) is 12.4 Å². The molecular formula is C17H14ClNO2. The first-order valence-electron chi connectivity index (χ1n) is 6.66. The van der Waals surface area contributed by atoms with Gasteiger partial charge in [-0.15, -0.1) is 11.6 Å². The first-order chi connectivity index (χ1) is 10.3. The second kappa shape index (κ2) is 6.02. The molecule has 0 spiro atoms. The highest BCUT2D eigenvalue weighted by Crippen LogP contribution is 2.20. The van der Waals surface area contributed by atoms with Gasteiger partial charge in [-0.3, -0.25) is 4.79 Å². The van der Waals surface area contributed by atoms with E-state index in [0.29, 0.717) is 23.6 Å². The number of furan rings is 1. The summed E-state index contributed by atoms with van der Waals surface area (Å²) in [5, 5.41) is 3.73. The molecule has 21 heavy (non-hydrogen) atoms. The monoisotopic (exact) mass is 299 g/mol. The van der Waals surface area contributed by atoms with E-state index >= 15 is 0 Å². The summed E-state index contributed by atoms with van der Waals surface area (Å²) in [6.45, 7) is 0.461. The number of halogens is 1. The van der Waals surface area contributed by atoms with Crippen molar-refractivity contribution in [2.24, 2.45) is 0 Å². The van der Waals surface area contributed by atoms with Crippen LogP contribution < -0.4 is 5.32 Å². The molecule has 0 atom stereocenters. The quantitative estimate of drug-likeness (QED) is 0.737. The molecule has 3 rings (SSSR count). The Bertz CT molecular complexity index is 779. The average molecular weight is 300 g/mol. The Hall–Kier alpha value is -2.26. The van der Waals surface area contributed by atoms with Crippen molar-refractivity contribution < 1.29 is 9.21 Å². The molecule has 1 amide bonds. The summed E-state index contributed by atoms with van der Waals surface area (Å²) < 4.78 is 5.38. The molecule has 0 aliphatic rings. The van der Waals surface area contributed by atoms with E-state index in [2.05, 4.69) is 5.32 Å². The van der Waals surface area contributed by atoms with E-state index in [1.54, 1.807) is 0 Å². The first kappa shape index (κ1) is 13.7. The number of benzene rings is 2. The Morgan fingerprint density at radius 1 is 1.10 bits per heavy atom. The van der Waals surface area contributed by atoms with Gasteiger partial charge in [0.1, 0.15) is 11.8 Å². The molecule has 0 saturated carbocycles. The molecule has 0 radical (unpaired) electrons. The molecular weight excluding hydrogens is 286 g/mol. The lowest BCUT2D eigenvalue weighted by molar-refractivity contribution is 0.0951. The average Bonchev–Trinajstić information content (AvgIpc) is 2.97. The third-order valence-electron chi connectivity index (χ3n) is 3.32. The number of carbonyl (C=O) groups is 1. The van der Waals surface area contributed by atoms with E-state index in [4.69, 9.17) is 16.0 Å². The van der Waals surface area contributed by atoms with Crippen molar-refractivity contribution in [3.05, 3.63) is 71.5 Å². The van der Waals surface area contributed by atoms with Crippen molar-refractivity contribution in [3.63, 3.8) is 0 Å². The molecule has 106 valence electrons. The zero-order chi connectivity index (χ0) is 14.7. The van der Waals surface area contributed by atoms with Crippen LogP contribution >= 0.6 is 11.6 Å². The highest BCUT2D eigenvalue weighted by atomic mass is 35.5. The maximum absolute atomic E-state index is 12.3. The number of carbonyl (C=O) groups excluding carboxylic acids is 1. The van der Waals surface area contributed by atoms with Crippen LogP contribution in [0.15, 0.2) is 59.2 Å². The maximum atomic E-state index is 12.3. The number of amides is 1. The Kier molecular flexibility index (Phi) is 3.93. The van der Waals surface area contributed by atoms with Gasteiger partial charge in [-0.1, -0.05) is 42.5 Å². The summed E-state index contributed by atoms with van der Waals surface area (Å²) in [7, 11) is 0. The molecule has 0 aliphatic carbocycles. The topological polar surface area (TPSA) is 42.2 Å². The molecule has 2 aromatic carbocycles. The molecule has 0 unspecified atom stereocenters. The largest absolute Gasteiger partial charge is 0.463 e. The zero-order valence-corrected chi connectivity index (χ0v) is 12.1. The summed E-state index contributed by atoms with van der Waals surface area (Å²) >= 11 is 5.81. The minimum Gasteiger partial charge on any atom is -0.463 e. The fraction of sp³-hybridized carbons (Fsp3) is 0.118. The van der Waals surface area contributed by atoms with Crippen LogP contribution in [0.4, 0.5) is 0 Å². The van der Waals surface area contributed by atoms with Gasteiger partial charge in [-0.05, 0) is 17.2 Å². The zero-order valence-electron chi connectivity index (χ0n) is 11.3. The number of fused-ring (bicyclic) bond motifs is 1. The number of hydrogen-bond donors (Lipinski definition) is 1. The van der Waals surface area contributed by atoms with Crippen molar-refractivity contribution in [3.8, 4) is 0 Å². The van der Waals surface area contributed by atoms with Gasteiger partial charge < -0.3 is 9.73 Å². The van der Waals surface area contributed by atoms with Crippen LogP contribution in [0.1, 0.15) is 21.5 Å². The molecule has 1 aromatic heterocycles. The number of alkyl halides is 1. The second-order valence-corrected chi connectivity index (χ2v) is 5.05. The Balaban J connectivity index is 1.74. The molecule has 0 aliphatic heterocycles. The van der Waals surface area contributed by atoms with Gasteiger partial charge in [0, 0.05) is 17.8 Å². The molecule has 1 N–H and O–H groups in total. The predicted molar refractivity (Wildman–Crippen MR) is 83.4 cm³/mol. The Morgan fingerprint density at radius 2 is 1.90 bits per heavy atom. The van der Waals surface area contributed by atoms with Crippen molar-refractivity contribution in [2.75, 3.05) is 0 Å². The predicted octanol–water partition coefficient (Wildman–Crippen LogP) is 4.10. The Morgan fingerprint density at radius 3 is 2.76 bits per heavy atom. The van der Waals surface area contributed by atoms with Crippen LogP contribution in [0.25, 0.3) is 11.0 Å². The minimum absolute atomic E-state index is 0.142. The molecule has 0 bridgehead atoms. The van der Waals surface area contributed by atoms with Crippen LogP contribution in [0, 0.1) is 0 Å². The van der Waals surface area contributed by atoms with E-state index in [0.717, 1.165) is 16.5 Å². The summed E-state index contributed by atoms with van der Waals surface area (Å²) in [6, 6.07) is 15.3. The lowest BCUT2D eigenvalue weighted by atomic mass is 10.1. The third kappa shape index (κ3) is 2.93. The number of rotatable bonds is 4. The van der Waals surface area contributed by atoms with Gasteiger partial charge in [0.05, 0.1) is 5.56 Å². The SMILES string of the molecule is O=C(NCc1cccc(CCl)c1)c1coc2ccccc12. The molecule has 1 heterocycles. The smallest absolute Gasteiger partial charge is 0.255 e. The highest BCUT2D eigenvalue weighted by Gasteiger charge is 2.12. The Labute approximate surface area is 127 Å². The highest BCUT2D eigenvalue weighted by molar-refractivity contribution is 6.17. The lowest BCUT2D eigenvalue weighted by Crippen LogP contribution is -2.22. The molecule has 3 nitrogen and oxygen atoms in total. The van der Waals surface area contributed by atoms with Gasteiger partial charge in [0.25, 0.3) is 5.91 Å². The summed E-state index contributed by atoms with van der Waals surface area (Å²) in [5.41, 5.74) is 3.33. The van der Waals surface area contributed by atoms with Crippen molar-refractivity contribution in [1.82, 2.24) is 5.32 Å². The number of nitrogens with one attached hydrogen (secondary N) is 1. The standard InChI is InChI=1S/C17H14ClNO2/c18-9-12-4-3-5-13(8-12)10-19-17(20)15-11-21-16-7-2-1-6-14(15)16/h1-8,11H,9-10H2,(H,19,20). The van der Waals surface area contributed by atoms with Crippen molar-refractivity contribution in [1.29, 1.82) is 0 Å². The van der Waals surface area contributed by atoms with Crippen LogP contribution in [0.3, 0.4) is 0 Å². The van der Waals surface area contributed by atoms with E-state index in [9.17, 15) is 4.79 Å². The third-order valence-corrected chi connectivity index (χ3v) is 3.63. The minimum atomic E-state index is -0.142. The van der Waals surface area contributed by atoms with Gasteiger partial charge in [-0.25, -0.2) is 0 Å². The van der Waals surface area contributed by atoms with E-state index in [1.165, 1.54) is 6.26 Å². The molecule has 4 heteroatoms. The van der Waals surface area contributed by atoms with E-state index in [-0.39, 0.29) is 5.91 Å². The van der Waals surface area contributed by atoms with E-state index < -0.39 is 0 Å². The fourth-order valence-corrected chi connectivity index (χ4v) is 2.42. The van der Waals surface area contributed by atoms with E-state index in [1.807, 2.05) is 48.5 Å². The van der Waals surface area contributed by atoms with Gasteiger partial charge >= 0.3 is 0 Å². The summed E-state index contributed by atoms with van der Waals surface area (Å²) in [4.78, 5) is 12.3.